The zero-order chi connectivity index (χ0) is 19.4. The molecule has 0 spiro atoms. The fourth-order valence-electron chi connectivity index (χ4n) is 2.70. The fourth-order valence-corrected chi connectivity index (χ4v) is 4.65. The van der Waals surface area contributed by atoms with Gasteiger partial charge in [-0.05, 0) is 30.0 Å². The number of nitrogens with two attached hydrogens (primary N) is 1. The lowest BCUT2D eigenvalue weighted by molar-refractivity contribution is 0.259. The monoisotopic (exact) mass is 467 g/mol. The van der Waals surface area contributed by atoms with Gasteiger partial charge in [0.05, 0.1) is 12.6 Å². The van der Waals surface area contributed by atoms with Crippen LogP contribution in [0.4, 0.5) is 10.9 Å². The number of hydrogen-bond acceptors (Lipinski definition) is 8. The maximum atomic E-state index is 9.71. The van der Waals surface area contributed by atoms with Crippen molar-refractivity contribution in [3.05, 3.63) is 34.3 Å². The highest BCUT2D eigenvalue weighted by Gasteiger charge is 2.17. The van der Waals surface area contributed by atoms with Gasteiger partial charge < -0.3 is 16.2 Å². The first kappa shape index (κ1) is 20.3. The first-order valence-corrected chi connectivity index (χ1v) is 11.2. The van der Waals surface area contributed by atoms with E-state index in [-0.39, 0.29) is 12.6 Å². The van der Waals surface area contributed by atoms with Crippen molar-refractivity contribution < 1.29 is 5.11 Å². The van der Waals surface area contributed by atoms with Crippen molar-refractivity contribution in [1.29, 1.82) is 0 Å². The number of aliphatic hydroxyl groups excluding tert-OH is 1. The van der Waals surface area contributed by atoms with E-state index in [1.165, 1.54) is 16.9 Å². The first-order chi connectivity index (χ1) is 12.9. The number of thioether (sulfide) groups is 1. The van der Waals surface area contributed by atoms with Crippen molar-refractivity contribution in [2.75, 3.05) is 17.7 Å². The SMILES string of the molecule is CC(C)CC(CO)Nc1nc(SCc2cccc(Br)c2)nc2nc(N)sc12. The van der Waals surface area contributed by atoms with Crippen LogP contribution in [0.25, 0.3) is 10.3 Å². The fraction of sp³-hybridized carbons (Fsp3) is 0.389. The highest BCUT2D eigenvalue weighted by Crippen LogP contribution is 2.32. The minimum absolute atomic E-state index is 0.0402. The van der Waals surface area contributed by atoms with E-state index in [0.29, 0.717) is 27.7 Å². The summed E-state index contributed by atoms with van der Waals surface area (Å²) < 4.78 is 1.87. The number of nitrogen functional groups attached to an aromatic ring is 1. The van der Waals surface area contributed by atoms with E-state index in [1.807, 2.05) is 12.1 Å². The zero-order valence-electron chi connectivity index (χ0n) is 15.1. The number of rotatable bonds is 8. The second-order valence-electron chi connectivity index (χ2n) is 6.63. The van der Waals surface area contributed by atoms with E-state index in [4.69, 9.17) is 5.73 Å². The lowest BCUT2D eigenvalue weighted by Gasteiger charge is -2.19. The van der Waals surface area contributed by atoms with Crippen LogP contribution >= 0.6 is 39.0 Å². The number of hydrogen-bond donors (Lipinski definition) is 3. The summed E-state index contributed by atoms with van der Waals surface area (Å²) in [6.45, 7) is 4.30. The number of nitrogens with one attached hydrogen (secondary N) is 1. The molecule has 0 aliphatic heterocycles. The summed E-state index contributed by atoms with van der Waals surface area (Å²) in [7, 11) is 0. The normalized spacial score (nSPS) is 12.6. The molecule has 2 heterocycles. The molecular formula is C18H22BrN5OS2. The molecule has 0 radical (unpaired) electrons. The van der Waals surface area contributed by atoms with Gasteiger partial charge in [0.25, 0.3) is 0 Å². The number of thiazole rings is 1. The molecule has 0 fully saturated rings. The van der Waals surface area contributed by atoms with E-state index < -0.39 is 0 Å². The average Bonchev–Trinajstić information content (AvgIpc) is 2.99. The summed E-state index contributed by atoms with van der Waals surface area (Å²) >= 11 is 6.40. The molecule has 27 heavy (non-hydrogen) atoms. The van der Waals surface area contributed by atoms with Gasteiger partial charge in [0.2, 0.25) is 0 Å². The van der Waals surface area contributed by atoms with Crippen molar-refractivity contribution in [2.24, 2.45) is 5.92 Å². The molecule has 0 aliphatic rings. The highest BCUT2D eigenvalue weighted by atomic mass is 79.9. The summed E-state index contributed by atoms with van der Waals surface area (Å²) in [5.41, 5.74) is 7.66. The number of nitrogens with zero attached hydrogens (tertiary/aromatic N) is 3. The van der Waals surface area contributed by atoms with E-state index in [1.54, 1.807) is 11.8 Å². The first-order valence-electron chi connectivity index (χ1n) is 8.63. The van der Waals surface area contributed by atoms with Crippen LogP contribution in [0.15, 0.2) is 33.9 Å². The molecule has 1 unspecified atom stereocenters. The van der Waals surface area contributed by atoms with Crippen LogP contribution in [0, 0.1) is 5.92 Å². The molecule has 6 nitrogen and oxygen atoms in total. The van der Waals surface area contributed by atoms with Crippen molar-refractivity contribution >= 4 is 60.3 Å². The predicted molar refractivity (Wildman–Crippen MR) is 117 cm³/mol. The number of halogens is 1. The number of aromatic nitrogens is 3. The van der Waals surface area contributed by atoms with E-state index in [9.17, 15) is 5.11 Å². The van der Waals surface area contributed by atoms with Crippen molar-refractivity contribution in [1.82, 2.24) is 15.0 Å². The molecule has 2 aromatic heterocycles. The summed E-state index contributed by atoms with van der Waals surface area (Å²) in [5, 5.41) is 14.2. The number of fused-ring (bicyclic) bond motifs is 1. The Morgan fingerprint density at radius 1 is 1.30 bits per heavy atom. The lowest BCUT2D eigenvalue weighted by Crippen LogP contribution is -2.26. The van der Waals surface area contributed by atoms with Crippen LogP contribution in [-0.2, 0) is 5.75 Å². The third-order valence-electron chi connectivity index (χ3n) is 3.82. The molecule has 1 atom stereocenters. The Bertz CT molecular complexity index is 918. The lowest BCUT2D eigenvalue weighted by atomic mass is 10.0. The third kappa shape index (κ3) is 5.54. The van der Waals surface area contributed by atoms with Gasteiger partial charge in [-0.3, -0.25) is 0 Å². The molecule has 4 N–H and O–H groups in total. The quantitative estimate of drug-likeness (QED) is 0.330. The number of aliphatic hydroxyl groups is 1. The largest absolute Gasteiger partial charge is 0.394 e. The maximum Gasteiger partial charge on any atom is 0.191 e. The summed E-state index contributed by atoms with van der Waals surface area (Å²) in [6.07, 6.45) is 0.844. The predicted octanol–water partition coefficient (Wildman–Crippen LogP) is 4.54. The minimum Gasteiger partial charge on any atom is -0.394 e. The van der Waals surface area contributed by atoms with Crippen LogP contribution in [0.2, 0.25) is 0 Å². The Kier molecular flexibility index (Phi) is 6.91. The average molecular weight is 468 g/mol. The van der Waals surface area contributed by atoms with Crippen LogP contribution in [0.3, 0.4) is 0 Å². The minimum atomic E-state index is -0.0747. The molecule has 9 heteroatoms. The number of benzene rings is 1. The van der Waals surface area contributed by atoms with E-state index in [2.05, 4.69) is 62.2 Å². The van der Waals surface area contributed by atoms with Gasteiger partial charge in [-0.2, -0.15) is 0 Å². The molecule has 0 amide bonds. The Morgan fingerprint density at radius 2 is 2.11 bits per heavy atom. The highest BCUT2D eigenvalue weighted by molar-refractivity contribution is 9.10. The van der Waals surface area contributed by atoms with Gasteiger partial charge in [-0.15, -0.1) is 0 Å². The molecule has 144 valence electrons. The second kappa shape index (κ2) is 9.18. The van der Waals surface area contributed by atoms with Gasteiger partial charge >= 0.3 is 0 Å². The van der Waals surface area contributed by atoms with Gasteiger partial charge in [-0.1, -0.05) is 65.0 Å². The van der Waals surface area contributed by atoms with Gasteiger partial charge in [0.1, 0.15) is 4.70 Å². The Morgan fingerprint density at radius 3 is 2.81 bits per heavy atom. The smallest absolute Gasteiger partial charge is 0.191 e. The summed E-state index contributed by atoms with van der Waals surface area (Å²) in [5.74, 6) is 1.90. The zero-order valence-corrected chi connectivity index (χ0v) is 18.4. The molecule has 1 aromatic carbocycles. The van der Waals surface area contributed by atoms with Crippen LogP contribution in [0.1, 0.15) is 25.8 Å². The van der Waals surface area contributed by atoms with E-state index in [0.717, 1.165) is 21.3 Å². The van der Waals surface area contributed by atoms with Crippen molar-refractivity contribution in [3.63, 3.8) is 0 Å². The van der Waals surface area contributed by atoms with Gasteiger partial charge in [0.15, 0.2) is 21.8 Å². The second-order valence-corrected chi connectivity index (χ2v) is 9.52. The number of anilines is 2. The summed E-state index contributed by atoms with van der Waals surface area (Å²) in [4.78, 5) is 13.5. The van der Waals surface area contributed by atoms with Crippen molar-refractivity contribution in [2.45, 2.75) is 37.2 Å². The van der Waals surface area contributed by atoms with Gasteiger partial charge in [-0.25, -0.2) is 15.0 Å². The van der Waals surface area contributed by atoms with E-state index >= 15 is 0 Å². The molecular weight excluding hydrogens is 446 g/mol. The standard InChI is InChI=1S/C18H22BrN5OS2/c1-10(2)6-13(8-25)21-15-14-16(22-17(20)27-14)24-18(23-15)26-9-11-4-3-5-12(19)7-11/h3-5,7,10,13,25H,6,8-9H2,1-2H3,(H3,20,21,22,23,24). The molecule has 0 bridgehead atoms. The molecule has 0 aliphatic carbocycles. The third-order valence-corrected chi connectivity index (χ3v) is 6.12. The van der Waals surface area contributed by atoms with Crippen molar-refractivity contribution in [3.8, 4) is 0 Å². The molecule has 3 rings (SSSR count). The molecule has 3 aromatic rings. The van der Waals surface area contributed by atoms with Crippen LogP contribution in [-0.4, -0.2) is 32.7 Å². The molecule has 0 saturated carbocycles. The Balaban J connectivity index is 1.85. The van der Waals surface area contributed by atoms with Crippen LogP contribution in [0.5, 0.6) is 0 Å². The summed E-state index contributed by atoms with van der Waals surface area (Å²) in [6, 6.07) is 8.09. The van der Waals surface area contributed by atoms with Gasteiger partial charge in [0, 0.05) is 10.2 Å². The Hall–Kier alpha value is -1.42. The van der Waals surface area contributed by atoms with Crippen LogP contribution < -0.4 is 11.1 Å². The Labute approximate surface area is 175 Å². The maximum absolute atomic E-state index is 9.71. The molecule has 0 saturated heterocycles. The topological polar surface area (TPSA) is 97.0 Å².